The molecule has 1 atom stereocenters. The zero-order valence-electron chi connectivity index (χ0n) is 6.49. The van der Waals surface area contributed by atoms with Crippen molar-refractivity contribution in [1.29, 1.82) is 0 Å². The van der Waals surface area contributed by atoms with Crippen molar-refractivity contribution in [1.82, 2.24) is 0 Å². The molecule has 0 aliphatic carbocycles. The molecule has 0 saturated carbocycles. The van der Waals surface area contributed by atoms with Crippen molar-refractivity contribution < 1.29 is 5.11 Å². The topological polar surface area (TPSA) is 20.2 Å². The molecule has 1 unspecified atom stereocenters. The van der Waals surface area contributed by atoms with E-state index in [9.17, 15) is 5.11 Å². The van der Waals surface area contributed by atoms with Gasteiger partial charge in [0.25, 0.3) is 0 Å². The maximum absolute atomic E-state index is 9.26. The number of aromatic hydroxyl groups is 1. The number of rotatable bonds is 0. The van der Waals surface area contributed by atoms with Crippen LogP contribution in [0.25, 0.3) is 10.8 Å². The fourth-order valence-corrected chi connectivity index (χ4v) is 2.04. The van der Waals surface area contributed by atoms with Gasteiger partial charge in [-0.25, -0.2) is 0 Å². The molecule has 0 heterocycles. The van der Waals surface area contributed by atoms with Crippen LogP contribution in [0.15, 0.2) is 36.4 Å². The van der Waals surface area contributed by atoms with Crippen molar-refractivity contribution in [3.8, 4) is 5.75 Å². The molecule has 0 fully saturated rings. The Hall–Kier alpha value is -0.942. The summed E-state index contributed by atoms with van der Waals surface area (Å²) in [6, 6.07) is 11.6. The second-order valence-electron chi connectivity index (χ2n) is 2.75. The second kappa shape index (κ2) is 2.84. The fraction of sp³-hybridized carbons (Fsp3) is 0. The molecule has 2 aromatic carbocycles. The average Bonchev–Trinajstić information content (AvgIpc) is 2.07. The molecule has 0 amide bonds. The number of fused-ring (bicyclic) bond motifs is 1. The molecule has 0 bridgehead atoms. The van der Waals surface area contributed by atoms with Gasteiger partial charge < -0.3 is 0 Å². The van der Waals surface area contributed by atoms with Crippen LogP contribution in [0.1, 0.15) is 0 Å². The Kier molecular flexibility index (Phi) is 1.82. The molecular weight excluding hydrogens is 211 g/mol. The van der Waals surface area contributed by atoms with Gasteiger partial charge in [0.05, 0.1) is 0 Å². The van der Waals surface area contributed by atoms with Gasteiger partial charge in [0, 0.05) is 0 Å². The summed E-state index contributed by atoms with van der Waals surface area (Å²) < 4.78 is 1.26. The summed E-state index contributed by atoms with van der Waals surface area (Å²) >= 11 is 1.58. The van der Waals surface area contributed by atoms with Crippen molar-refractivity contribution >= 4 is 32.0 Å². The monoisotopic (exact) mass is 220 g/mol. The van der Waals surface area contributed by atoms with Gasteiger partial charge >= 0.3 is 79.2 Å². The van der Waals surface area contributed by atoms with Crippen LogP contribution in [-0.4, -0.2) is 22.0 Å². The molecule has 2 heteroatoms. The zero-order valence-corrected chi connectivity index (χ0v) is 8.91. The molecule has 0 aliphatic rings. The van der Waals surface area contributed by atoms with Gasteiger partial charge in [-0.05, 0) is 0 Å². The van der Waals surface area contributed by atoms with Gasteiger partial charge in [-0.15, -0.1) is 0 Å². The molecule has 0 saturated heterocycles. The Morgan fingerprint density at radius 3 is 2.75 bits per heavy atom. The summed E-state index contributed by atoms with van der Waals surface area (Å²) in [4.78, 5) is 0. The van der Waals surface area contributed by atoms with Crippen molar-refractivity contribution in [3.63, 3.8) is 0 Å². The summed E-state index contributed by atoms with van der Waals surface area (Å²) in [5, 5.41) is 11.6. The predicted octanol–water partition coefficient (Wildman–Crippen LogP) is 0.804. The second-order valence-corrected chi connectivity index (χ2v) is 4.06. The molecule has 12 heavy (non-hydrogen) atoms. The van der Waals surface area contributed by atoms with Crippen LogP contribution >= 0.6 is 0 Å². The van der Waals surface area contributed by atoms with Gasteiger partial charge in [0.2, 0.25) is 0 Å². The quantitative estimate of drug-likeness (QED) is 0.651. The fourth-order valence-electron chi connectivity index (χ4n) is 1.28. The first-order valence-electron chi connectivity index (χ1n) is 3.74. The van der Waals surface area contributed by atoms with Crippen LogP contribution in [0, 0.1) is 0 Å². The summed E-state index contributed by atoms with van der Waals surface area (Å²) in [5.74, 6) is 0.340. The number of hydrogen-bond acceptors (Lipinski definition) is 1. The van der Waals surface area contributed by atoms with E-state index in [1.54, 1.807) is 22.9 Å². The standard InChI is InChI=1S/C10H9AsO/c11-10-3-1-2-7-4-5-8(12)6-9(7)10/h1-6,12H,11H2. The van der Waals surface area contributed by atoms with E-state index in [1.807, 2.05) is 18.2 Å². The first-order chi connectivity index (χ1) is 5.77. The van der Waals surface area contributed by atoms with Crippen molar-refractivity contribution in [2.75, 3.05) is 0 Å². The van der Waals surface area contributed by atoms with E-state index in [-0.39, 0.29) is 0 Å². The van der Waals surface area contributed by atoms with E-state index >= 15 is 0 Å². The molecule has 1 N–H and O–H groups in total. The zero-order chi connectivity index (χ0) is 8.55. The van der Waals surface area contributed by atoms with Crippen LogP contribution in [0.2, 0.25) is 0 Å². The first kappa shape index (κ1) is 7.69. The van der Waals surface area contributed by atoms with Crippen molar-refractivity contribution in [3.05, 3.63) is 36.4 Å². The molecular formula is C10H9AsO. The normalized spacial score (nSPS) is 10.4. The molecule has 60 valence electrons. The molecule has 0 radical (unpaired) electrons. The number of benzene rings is 2. The van der Waals surface area contributed by atoms with Gasteiger partial charge in [-0.3, -0.25) is 0 Å². The third kappa shape index (κ3) is 1.21. The predicted molar refractivity (Wildman–Crippen MR) is 53.8 cm³/mol. The molecule has 1 nitrogen and oxygen atoms in total. The van der Waals surface area contributed by atoms with E-state index in [4.69, 9.17) is 0 Å². The Balaban J connectivity index is 2.88. The van der Waals surface area contributed by atoms with Crippen LogP contribution in [0.3, 0.4) is 0 Å². The van der Waals surface area contributed by atoms with E-state index in [1.165, 1.54) is 9.74 Å². The maximum atomic E-state index is 9.26. The van der Waals surface area contributed by atoms with E-state index in [0.717, 1.165) is 5.39 Å². The minimum atomic E-state index is 0.340. The van der Waals surface area contributed by atoms with E-state index in [2.05, 4.69) is 12.1 Å². The van der Waals surface area contributed by atoms with E-state index in [0.29, 0.717) is 5.75 Å². The molecule has 0 aromatic heterocycles. The van der Waals surface area contributed by atoms with Crippen molar-refractivity contribution in [2.24, 2.45) is 0 Å². The van der Waals surface area contributed by atoms with Gasteiger partial charge in [-0.2, -0.15) is 0 Å². The first-order valence-corrected chi connectivity index (χ1v) is 4.96. The van der Waals surface area contributed by atoms with Gasteiger partial charge in [-0.1, -0.05) is 0 Å². The van der Waals surface area contributed by atoms with Crippen LogP contribution in [0.4, 0.5) is 0 Å². The Morgan fingerprint density at radius 1 is 1.08 bits per heavy atom. The van der Waals surface area contributed by atoms with Gasteiger partial charge in [0.1, 0.15) is 0 Å². The number of phenolic OH excluding ortho intramolecular Hbond substituents is 1. The number of hydrogen-bond donors (Lipinski definition) is 1. The van der Waals surface area contributed by atoms with Crippen LogP contribution in [-0.2, 0) is 0 Å². The number of phenols is 1. The summed E-state index contributed by atoms with van der Waals surface area (Å²) in [6.07, 6.45) is 0. The van der Waals surface area contributed by atoms with Crippen LogP contribution in [0.5, 0.6) is 5.75 Å². The summed E-state index contributed by atoms with van der Waals surface area (Å²) in [5.41, 5.74) is 0. The minimum absolute atomic E-state index is 0.340. The Bertz CT molecular complexity index is 423. The molecule has 2 aromatic rings. The Labute approximate surface area is 79.5 Å². The van der Waals surface area contributed by atoms with Crippen molar-refractivity contribution in [2.45, 2.75) is 0 Å². The third-order valence-corrected chi connectivity index (χ3v) is 2.96. The van der Waals surface area contributed by atoms with E-state index < -0.39 is 0 Å². The molecule has 2 rings (SSSR count). The third-order valence-electron chi connectivity index (χ3n) is 1.90. The average molecular weight is 220 g/mol. The Morgan fingerprint density at radius 2 is 1.92 bits per heavy atom. The summed E-state index contributed by atoms with van der Waals surface area (Å²) in [6.45, 7) is 0. The summed E-state index contributed by atoms with van der Waals surface area (Å²) in [7, 11) is 0. The van der Waals surface area contributed by atoms with Gasteiger partial charge in [0.15, 0.2) is 0 Å². The molecule has 0 aliphatic heterocycles. The molecule has 0 spiro atoms. The SMILES string of the molecule is Oc1ccc2cccc([AsH2])c2c1. The van der Waals surface area contributed by atoms with Crippen LogP contribution < -0.4 is 4.35 Å².